The van der Waals surface area contributed by atoms with E-state index in [-0.39, 0.29) is 6.73 Å². The summed E-state index contributed by atoms with van der Waals surface area (Å²) in [5.41, 5.74) is 4.30. The van der Waals surface area contributed by atoms with Crippen LogP contribution in [0.2, 0.25) is 0 Å². The fourth-order valence-corrected chi connectivity index (χ4v) is 0.678. The standard InChI is InChI=1S/C7H10N4O4/c1-14-4-11(7(9)13)6(12)5(3-8)10-15-2/h4H2,1-2H3,(H2,9,13). The summed E-state index contributed by atoms with van der Waals surface area (Å²) in [6.07, 6.45) is 0. The Hall–Kier alpha value is -2.14. The topological polar surface area (TPSA) is 118 Å². The van der Waals surface area contributed by atoms with E-state index < -0.39 is 17.6 Å². The molecule has 0 aliphatic rings. The lowest BCUT2D eigenvalue weighted by Gasteiger charge is -2.15. The second kappa shape index (κ2) is 6.33. The quantitative estimate of drug-likeness (QED) is 0.366. The number of primary amides is 1. The number of urea groups is 1. The van der Waals surface area contributed by atoms with E-state index in [1.807, 2.05) is 0 Å². The fraction of sp³-hybridized carbons (Fsp3) is 0.429. The van der Waals surface area contributed by atoms with E-state index in [1.54, 1.807) is 0 Å². The van der Waals surface area contributed by atoms with Crippen LogP contribution in [0.1, 0.15) is 0 Å². The third kappa shape index (κ3) is 3.61. The van der Waals surface area contributed by atoms with Crippen LogP contribution in [-0.2, 0) is 14.4 Å². The van der Waals surface area contributed by atoms with Crippen LogP contribution in [0.5, 0.6) is 0 Å². The lowest BCUT2D eigenvalue weighted by Crippen LogP contribution is -2.45. The zero-order valence-electron chi connectivity index (χ0n) is 8.26. The summed E-state index contributed by atoms with van der Waals surface area (Å²) in [6.45, 7) is -0.363. The van der Waals surface area contributed by atoms with Crippen molar-refractivity contribution in [2.45, 2.75) is 0 Å². The molecule has 0 aromatic rings. The minimum atomic E-state index is -1.04. The Morgan fingerprint density at radius 3 is 2.47 bits per heavy atom. The van der Waals surface area contributed by atoms with Crippen molar-refractivity contribution in [3.63, 3.8) is 0 Å². The molecule has 0 heterocycles. The zero-order valence-corrected chi connectivity index (χ0v) is 8.26. The number of imide groups is 1. The van der Waals surface area contributed by atoms with E-state index in [1.165, 1.54) is 13.2 Å². The Kier molecular flexibility index (Phi) is 5.43. The van der Waals surface area contributed by atoms with E-state index in [4.69, 9.17) is 11.0 Å². The first-order valence-corrected chi connectivity index (χ1v) is 3.70. The molecule has 0 spiro atoms. The highest BCUT2D eigenvalue weighted by Gasteiger charge is 2.24. The molecule has 0 fully saturated rings. The second-order valence-corrected chi connectivity index (χ2v) is 2.22. The lowest BCUT2D eigenvalue weighted by atomic mass is 10.3. The van der Waals surface area contributed by atoms with Crippen molar-refractivity contribution in [3.8, 4) is 6.07 Å². The van der Waals surface area contributed by atoms with Gasteiger partial charge in [0.25, 0.3) is 5.91 Å². The van der Waals surface area contributed by atoms with Gasteiger partial charge in [-0.15, -0.1) is 0 Å². The summed E-state index contributed by atoms with van der Waals surface area (Å²) in [5, 5.41) is 11.7. The van der Waals surface area contributed by atoms with Crippen LogP contribution in [0.4, 0.5) is 4.79 Å². The first-order chi connectivity index (χ1) is 7.08. The van der Waals surface area contributed by atoms with Crippen molar-refractivity contribution in [1.29, 1.82) is 5.26 Å². The van der Waals surface area contributed by atoms with Crippen LogP contribution in [-0.4, -0.2) is 43.5 Å². The molecule has 0 aromatic carbocycles. The van der Waals surface area contributed by atoms with Crippen molar-refractivity contribution in [1.82, 2.24) is 4.90 Å². The maximum atomic E-state index is 11.4. The van der Waals surface area contributed by atoms with Crippen LogP contribution in [0.15, 0.2) is 5.16 Å². The molecule has 82 valence electrons. The van der Waals surface area contributed by atoms with Crippen molar-refractivity contribution < 1.29 is 19.2 Å². The number of amides is 3. The number of nitriles is 1. The van der Waals surface area contributed by atoms with Crippen LogP contribution in [0, 0.1) is 11.3 Å². The molecular formula is C7H10N4O4. The molecule has 0 saturated heterocycles. The molecule has 8 heteroatoms. The number of nitrogens with two attached hydrogens (primary N) is 1. The van der Waals surface area contributed by atoms with E-state index in [0.717, 1.165) is 7.11 Å². The normalized spacial score (nSPS) is 10.3. The van der Waals surface area contributed by atoms with Gasteiger partial charge in [0.2, 0.25) is 5.71 Å². The minimum absolute atomic E-state index is 0.363. The van der Waals surface area contributed by atoms with E-state index in [2.05, 4.69) is 14.7 Å². The van der Waals surface area contributed by atoms with Gasteiger partial charge in [0.1, 0.15) is 19.9 Å². The van der Waals surface area contributed by atoms with E-state index in [9.17, 15) is 9.59 Å². The summed E-state index contributed by atoms with van der Waals surface area (Å²) in [7, 11) is 2.43. The number of rotatable bonds is 4. The highest BCUT2D eigenvalue weighted by Crippen LogP contribution is 1.93. The van der Waals surface area contributed by atoms with Gasteiger partial charge in [-0.1, -0.05) is 5.16 Å². The lowest BCUT2D eigenvalue weighted by molar-refractivity contribution is -0.124. The van der Waals surface area contributed by atoms with Gasteiger partial charge in [-0.2, -0.15) is 5.26 Å². The van der Waals surface area contributed by atoms with Crippen molar-refractivity contribution in [2.75, 3.05) is 21.0 Å². The van der Waals surface area contributed by atoms with Gasteiger partial charge in [-0.3, -0.25) is 4.79 Å². The minimum Gasteiger partial charge on any atom is -0.398 e. The second-order valence-electron chi connectivity index (χ2n) is 2.22. The number of ether oxygens (including phenoxy) is 1. The van der Waals surface area contributed by atoms with Crippen molar-refractivity contribution in [2.24, 2.45) is 10.9 Å². The van der Waals surface area contributed by atoms with Gasteiger partial charge in [0.15, 0.2) is 0 Å². The van der Waals surface area contributed by atoms with Crippen LogP contribution >= 0.6 is 0 Å². The molecule has 0 saturated carbocycles. The van der Waals surface area contributed by atoms with E-state index in [0.29, 0.717) is 4.90 Å². The van der Waals surface area contributed by atoms with Gasteiger partial charge in [-0.25, -0.2) is 9.69 Å². The summed E-state index contributed by atoms with van der Waals surface area (Å²) in [6, 6.07) is 0.426. The Morgan fingerprint density at radius 2 is 2.13 bits per heavy atom. The number of hydrogen-bond acceptors (Lipinski definition) is 6. The Balaban J connectivity index is 4.85. The third-order valence-electron chi connectivity index (χ3n) is 1.26. The smallest absolute Gasteiger partial charge is 0.323 e. The molecule has 15 heavy (non-hydrogen) atoms. The number of methoxy groups -OCH3 is 1. The highest BCUT2D eigenvalue weighted by molar-refractivity contribution is 6.46. The molecule has 0 rings (SSSR count). The average molecular weight is 214 g/mol. The number of carbonyl (C=O) groups is 2. The number of carbonyl (C=O) groups excluding carboxylic acids is 2. The number of oxime groups is 1. The van der Waals surface area contributed by atoms with E-state index >= 15 is 0 Å². The maximum absolute atomic E-state index is 11.4. The van der Waals surface area contributed by atoms with Gasteiger partial charge < -0.3 is 15.3 Å². The molecule has 2 N–H and O–H groups in total. The zero-order chi connectivity index (χ0) is 11.8. The van der Waals surface area contributed by atoms with Crippen LogP contribution in [0.25, 0.3) is 0 Å². The molecule has 3 amide bonds. The van der Waals surface area contributed by atoms with Gasteiger partial charge in [-0.05, 0) is 0 Å². The number of nitrogens with zero attached hydrogens (tertiary/aromatic N) is 3. The van der Waals surface area contributed by atoms with Crippen LogP contribution in [0.3, 0.4) is 0 Å². The molecule has 0 bridgehead atoms. The maximum Gasteiger partial charge on any atom is 0.323 e. The highest BCUT2D eigenvalue weighted by atomic mass is 16.6. The fourth-order valence-electron chi connectivity index (χ4n) is 0.678. The predicted octanol–water partition coefficient (Wildman–Crippen LogP) is -0.976. The summed E-state index contributed by atoms with van der Waals surface area (Å²) >= 11 is 0. The SMILES string of the molecule is COCN(C(N)=O)C(=O)C(C#N)=NOC. The molecule has 0 radical (unpaired) electrons. The predicted molar refractivity (Wildman–Crippen MR) is 48.4 cm³/mol. The molecule has 0 unspecified atom stereocenters. The number of hydrogen-bond donors (Lipinski definition) is 1. The first kappa shape index (κ1) is 12.9. The van der Waals surface area contributed by atoms with Crippen molar-refractivity contribution >= 4 is 17.6 Å². The van der Waals surface area contributed by atoms with Crippen molar-refractivity contribution in [3.05, 3.63) is 0 Å². The largest absolute Gasteiger partial charge is 0.398 e. The molecular weight excluding hydrogens is 204 g/mol. The molecule has 0 atom stereocenters. The average Bonchev–Trinajstić information content (AvgIpc) is 2.21. The summed E-state index contributed by atoms with van der Waals surface area (Å²) < 4.78 is 4.56. The third-order valence-corrected chi connectivity index (χ3v) is 1.26. The monoisotopic (exact) mass is 214 g/mol. The molecule has 8 nitrogen and oxygen atoms in total. The van der Waals surface area contributed by atoms with Gasteiger partial charge in [0, 0.05) is 7.11 Å². The summed E-state index contributed by atoms with van der Waals surface area (Å²) in [4.78, 5) is 27.0. The van der Waals surface area contributed by atoms with Crippen LogP contribution < -0.4 is 5.73 Å². The Bertz CT molecular complexity index is 319. The Labute approximate surface area is 85.8 Å². The molecule has 0 aromatic heterocycles. The summed E-state index contributed by atoms with van der Waals surface area (Å²) in [5.74, 6) is -0.978. The van der Waals surface area contributed by atoms with Gasteiger partial charge in [0.05, 0.1) is 0 Å². The Morgan fingerprint density at radius 1 is 1.53 bits per heavy atom. The molecule has 0 aliphatic heterocycles. The molecule has 0 aliphatic carbocycles. The van der Waals surface area contributed by atoms with Gasteiger partial charge >= 0.3 is 6.03 Å². The first-order valence-electron chi connectivity index (χ1n) is 3.70.